The van der Waals surface area contributed by atoms with Gasteiger partial charge in [0.1, 0.15) is 0 Å². The molecule has 0 fully saturated rings. The van der Waals surface area contributed by atoms with Gasteiger partial charge in [-0.2, -0.15) is 0 Å². The predicted octanol–water partition coefficient (Wildman–Crippen LogP) is 3.46. The number of carboxylic acid groups (broad SMARTS) is 1. The predicted molar refractivity (Wildman–Crippen MR) is 79.7 cm³/mol. The van der Waals surface area contributed by atoms with Crippen LogP contribution in [0.4, 0.5) is 11.5 Å². The summed E-state index contributed by atoms with van der Waals surface area (Å²) in [5, 5.41) is 22.7. The Hall–Kier alpha value is -2.18. The van der Waals surface area contributed by atoms with Crippen LogP contribution >= 0.6 is 0 Å². The second-order valence-corrected chi connectivity index (χ2v) is 4.85. The Balaban J connectivity index is 2.51. The van der Waals surface area contributed by atoms with Gasteiger partial charge in [0.05, 0.1) is 10.5 Å². The smallest absolute Gasteiger partial charge is 0.337 e. The Kier molecular flexibility index (Phi) is 7.14. The number of anilines is 1. The molecule has 116 valence electrons. The normalized spacial score (nSPS) is 10.3. The van der Waals surface area contributed by atoms with E-state index < -0.39 is 10.9 Å². The fraction of sp³-hybridized carbons (Fsp3) is 0.571. The highest BCUT2D eigenvalue weighted by Crippen LogP contribution is 2.22. The first-order chi connectivity index (χ1) is 10.1. The Morgan fingerprint density at radius 3 is 2.62 bits per heavy atom. The van der Waals surface area contributed by atoms with Crippen LogP contribution in [0.2, 0.25) is 0 Å². The Morgan fingerprint density at radius 2 is 2.00 bits per heavy atom. The molecule has 1 aromatic rings. The average molecular weight is 295 g/mol. The molecule has 1 rings (SSSR count). The molecular formula is C14H21N3O4. The summed E-state index contributed by atoms with van der Waals surface area (Å²) in [6, 6.07) is 1.03. The number of nitro groups is 1. The van der Waals surface area contributed by atoms with Crippen LogP contribution in [-0.2, 0) is 0 Å². The first kappa shape index (κ1) is 16.9. The average Bonchev–Trinajstić information content (AvgIpc) is 2.46. The van der Waals surface area contributed by atoms with Crippen molar-refractivity contribution in [3.63, 3.8) is 0 Å². The van der Waals surface area contributed by atoms with Gasteiger partial charge in [-0.3, -0.25) is 10.1 Å². The molecule has 2 N–H and O–H groups in total. The number of aromatic carboxylic acids is 1. The maximum atomic E-state index is 10.9. The van der Waals surface area contributed by atoms with Crippen molar-refractivity contribution in [3.8, 4) is 0 Å². The van der Waals surface area contributed by atoms with E-state index in [-0.39, 0.29) is 17.1 Å². The molecule has 0 saturated carbocycles. The number of nitrogens with zero attached hydrogens (tertiary/aromatic N) is 2. The summed E-state index contributed by atoms with van der Waals surface area (Å²) in [6.45, 7) is 2.75. The summed E-state index contributed by atoms with van der Waals surface area (Å²) in [5.41, 5.74) is -0.493. The van der Waals surface area contributed by atoms with Crippen molar-refractivity contribution in [2.75, 3.05) is 11.9 Å². The van der Waals surface area contributed by atoms with Crippen LogP contribution in [-0.4, -0.2) is 27.5 Å². The van der Waals surface area contributed by atoms with Crippen molar-refractivity contribution < 1.29 is 14.8 Å². The molecule has 0 aliphatic heterocycles. The second kappa shape index (κ2) is 8.89. The molecule has 0 aromatic carbocycles. The van der Waals surface area contributed by atoms with Crippen LogP contribution < -0.4 is 5.32 Å². The van der Waals surface area contributed by atoms with Gasteiger partial charge in [-0.25, -0.2) is 9.78 Å². The van der Waals surface area contributed by atoms with Crippen LogP contribution in [0.5, 0.6) is 0 Å². The van der Waals surface area contributed by atoms with Gasteiger partial charge in [0.15, 0.2) is 0 Å². The molecule has 7 heteroatoms. The summed E-state index contributed by atoms with van der Waals surface area (Å²) in [6.07, 6.45) is 7.89. The van der Waals surface area contributed by atoms with Crippen LogP contribution in [0.1, 0.15) is 55.8 Å². The molecule has 0 atom stereocenters. The van der Waals surface area contributed by atoms with Crippen molar-refractivity contribution in [3.05, 3.63) is 27.9 Å². The Bertz CT molecular complexity index is 491. The fourth-order valence-electron chi connectivity index (χ4n) is 1.96. The van der Waals surface area contributed by atoms with Crippen molar-refractivity contribution in [1.29, 1.82) is 0 Å². The van der Waals surface area contributed by atoms with E-state index in [2.05, 4.69) is 17.2 Å². The number of hydrogen-bond acceptors (Lipinski definition) is 5. The summed E-state index contributed by atoms with van der Waals surface area (Å²) in [5.74, 6) is -1.10. The lowest BCUT2D eigenvalue weighted by molar-refractivity contribution is -0.384. The molecule has 0 aliphatic carbocycles. The van der Waals surface area contributed by atoms with Gasteiger partial charge in [-0.15, -0.1) is 0 Å². The monoisotopic (exact) mass is 295 g/mol. The minimum Gasteiger partial charge on any atom is -0.478 e. The van der Waals surface area contributed by atoms with E-state index in [9.17, 15) is 14.9 Å². The lowest BCUT2D eigenvalue weighted by atomic mass is 10.1. The minimum absolute atomic E-state index is 0.124. The first-order valence-electron chi connectivity index (χ1n) is 7.17. The van der Waals surface area contributed by atoms with Gasteiger partial charge in [-0.1, -0.05) is 39.0 Å². The van der Waals surface area contributed by atoms with Crippen LogP contribution in [0.15, 0.2) is 12.3 Å². The fourth-order valence-corrected chi connectivity index (χ4v) is 1.96. The van der Waals surface area contributed by atoms with Gasteiger partial charge < -0.3 is 10.4 Å². The minimum atomic E-state index is -1.23. The number of unbranched alkanes of at least 4 members (excludes halogenated alkanes) is 5. The standard InChI is InChI=1S/C14H21N3O4/c1-2-3-4-5-6-7-8-15-13-12(17(20)21)9-11(10-16-13)14(18)19/h9-10H,2-8H2,1H3,(H,15,16)(H,18,19). The molecule has 1 aromatic heterocycles. The van der Waals surface area contributed by atoms with Crippen molar-refractivity contribution in [2.24, 2.45) is 0 Å². The van der Waals surface area contributed by atoms with Crippen LogP contribution in [0, 0.1) is 10.1 Å². The zero-order chi connectivity index (χ0) is 15.7. The zero-order valence-corrected chi connectivity index (χ0v) is 12.2. The number of aromatic nitrogens is 1. The Labute approximate surface area is 123 Å². The Morgan fingerprint density at radius 1 is 1.33 bits per heavy atom. The summed E-state index contributed by atoms with van der Waals surface area (Å²) < 4.78 is 0. The number of rotatable bonds is 10. The number of pyridine rings is 1. The van der Waals surface area contributed by atoms with E-state index in [1.165, 1.54) is 19.3 Å². The maximum Gasteiger partial charge on any atom is 0.337 e. The third-order valence-corrected chi connectivity index (χ3v) is 3.13. The third-order valence-electron chi connectivity index (χ3n) is 3.13. The maximum absolute atomic E-state index is 10.9. The molecule has 21 heavy (non-hydrogen) atoms. The number of nitrogens with one attached hydrogen (secondary N) is 1. The topological polar surface area (TPSA) is 105 Å². The van der Waals surface area contributed by atoms with Gasteiger partial charge in [0.2, 0.25) is 5.82 Å². The quantitative estimate of drug-likeness (QED) is 0.389. The van der Waals surface area contributed by atoms with E-state index in [1.807, 2.05) is 0 Å². The van der Waals surface area contributed by atoms with E-state index in [0.717, 1.165) is 31.5 Å². The van der Waals surface area contributed by atoms with E-state index >= 15 is 0 Å². The second-order valence-electron chi connectivity index (χ2n) is 4.85. The van der Waals surface area contributed by atoms with Crippen LogP contribution in [0.25, 0.3) is 0 Å². The molecule has 0 bridgehead atoms. The summed E-state index contributed by atoms with van der Waals surface area (Å²) >= 11 is 0. The number of carbonyl (C=O) groups is 1. The highest BCUT2D eigenvalue weighted by atomic mass is 16.6. The van der Waals surface area contributed by atoms with Crippen molar-refractivity contribution in [1.82, 2.24) is 4.98 Å². The van der Waals surface area contributed by atoms with E-state index in [0.29, 0.717) is 6.54 Å². The van der Waals surface area contributed by atoms with E-state index in [1.54, 1.807) is 0 Å². The first-order valence-corrected chi connectivity index (χ1v) is 7.17. The lowest BCUT2D eigenvalue weighted by Crippen LogP contribution is -2.08. The summed E-state index contributed by atoms with van der Waals surface area (Å²) in [7, 11) is 0. The van der Waals surface area contributed by atoms with Crippen LogP contribution in [0.3, 0.4) is 0 Å². The molecule has 0 unspecified atom stereocenters. The molecular weight excluding hydrogens is 274 g/mol. The molecule has 0 spiro atoms. The largest absolute Gasteiger partial charge is 0.478 e. The molecule has 0 amide bonds. The third kappa shape index (κ3) is 5.76. The van der Waals surface area contributed by atoms with E-state index in [4.69, 9.17) is 5.11 Å². The number of hydrogen-bond donors (Lipinski definition) is 2. The van der Waals surface area contributed by atoms with Crippen molar-refractivity contribution in [2.45, 2.75) is 45.4 Å². The zero-order valence-electron chi connectivity index (χ0n) is 12.2. The van der Waals surface area contributed by atoms with Gasteiger partial charge >= 0.3 is 11.7 Å². The highest BCUT2D eigenvalue weighted by molar-refractivity contribution is 5.88. The lowest BCUT2D eigenvalue weighted by Gasteiger charge is -2.06. The van der Waals surface area contributed by atoms with Crippen molar-refractivity contribution >= 4 is 17.5 Å². The van der Waals surface area contributed by atoms with Gasteiger partial charge in [-0.05, 0) is 6.42 Å². The number of carboxylic acids is 1. The molecule has 7 nitrogen and oxygen atoms in total. The van der Waals surface area contributed by atoms with Gasteiger partial charge in [0, 0.05) is 18.8 Å². The molecule has 1 heterocycles. The molecule has 0 aliphatic rings. The highest BCUT2D eigenvalue weighted by Gasteiger charge is 2.18. The SMILES string of the molecule is CCCCCCCCNc1ncc(C(=O)O)cc1[N+](=O)[O-]. The van der Waals surface area contributed by atoms with Gasteiger partial charge in [0.25, 0.3) is 0 Å². The summed E-state index contributed by atoms with van der Waals surface area (Å²) in [4.78, 5) is 24.9. The molecule has 0 saturated heterocycles. The molecule has 0 radical (unpaired) electrons.